The Bertz CT molecular complexity index is 372. The first kappa shape index (κ1) is 11.3. The fourth-order valence-electron chi connectivity index (χ4n) is 3.98. The molecule has 3 rings (SSSR count). The van der Waals surface area contributed by atoms with Gasteiger partial charge in [0, 0.05) is 6.04 Å². The van der Waals surface area contributed by atoms with E-state index in [1.165, 1.54) is 19.3 Å². The summed E-state index contributed by atoms with van der Waals surface area (Å²) in [5, 5.41) is 3.48. The summed E-state index contributed by atoms with van der Waals surface area (Å²) < 4.78 is 0. The summed E-state index contributed by atoms with van der Waals surface area (Å²) >= 11 is 0. The summed E-state index contributed by atoms with van der Waals surface area (Å²) in [6.07, 6.45) is 4.23. The molecule has 2 saturated carbocycles. The summed E-state index contributed by atoms with van der Waals surface area (Å²) in [5.41, 5.74) is 1.57. The molecule has 2 fully saturated rings. The molecule has 1 nitrogen and oxygen atoms in total. The van der Waals surface area contributed by atoms with Crippen LogP contribution in [0.5, 0.6) is 0 Å². The van der Waals surface area contributed by atoms with E-state index in [2.05, 4.69) is 49.6 Å². The first-order valence-corrected chi connectivity index (χ1v) is 7.03. The lowest BCUT2D eigenvalue weighted by molar-refractivity contribution is 0.328. The summed E-state index contributed by atoms with van der Waals surface area (Å²) in [5.74, 6) is 3.64. The predicted molar refractivity (Wildman–Crippen MR) is 72.0 cm³/mol. The summed E-state index contributed by atoms with van der Waals surface area (Å²) in [6, 6.07) is 11.9. The van der Waals surface area contributed by atoms with Gasteiger partial charge in [0.1, 0.15) is 0 Å². The van der Waals surface area contributed by atoms with Crippen LogP contribution in [0.25, 0.3) is 0 Å². The molecule has 0 amide bonds. The van der Waals surface area contributed by atoms with Gasteiger partial charge < -0.3 is 5.32 Å². The van der Waals surface area contributed by atoms with Crippen LogP contribution in [0.4, 0.5) is 0 Å². The molecular weight excluding hydrogens is 206 g/mol. The van der Waals surface area contributed by atoms with Crippen LogP contribution in [0.1, 0.15) is 37.7 Å². The van der Waals surface area contributed by atoms with Crippen LogP contribution in [0.15, 0.2) is 30.3 Å². The molecule has 1 N–H and O–H groups in total. The van der Waals surface area contributed by atoms with E-state index < -0.39 is 0 Å². The molecule has 0 heterocycles. The molecule has 2 aliphatic carbocycles. The average molecular weight is 229 g/mol. The number of hydrogen-bond acceptors (Lipinski definition) is 1. The number of rotatable bonds is 3. The van der Waals surface area contributed by atoms with Crippen LogP contribution in [-0.2, 0) is 0 Å². The lowest BCUT2D eigenvalue weighted by Gasteiger charge is -2.20. The van der Waals surface area contributed by atoms with E-state index in [0.29, 0.717) is 0 Å². The van der Waals surface area contributed by atoms with Gasteiger partial charge in [-0.3, -0.25) is 0 Å². The van der Waals surface area contributed by atoms with Crippen LogP contribution < -0.4 is 5.32 Å². The molecule has 92 valence electrons. The largest absolute Gasteiger partial charge is 0.317 e. The molecule has 1 heteroatoms. The standard InChI is InChI=1S/C16H23N/c1-11-13(8-9-16(11)17-2)15-10-14(15)12-6-4-3-5-7-12/h3-7,11,13-17H,8-10H2,1-2H3. The fraction of sp³-hybridized carbons (Fsp3) is 0.625. The second kappa shape index (κ2) is 4.45. The highest BCUT2D eigenvalue weighted by atomic mass is 14.9. The van der Waals surface area contributed by atoms with Crippen molar-refractivity contribution in [2.24, 2.45) is 17.8 Å². The van der Waals surface area contributed by atoms with E-state index in [0.717, 1.165) is 29.7 Å². The van der Waals surface area contributed by atoms with Crippen molar-refractivity contribution in [2.75, 3.05) is 7.05 Å². The molecule has 1 aromatic rings. The first-order valence-electron chi connectivity index (χ1n) is 7.03. The molecule has 2 aliphatic rings. The highest BCUT2D eigenvalue weighted by Gasteiger charge is 2.48. The third-order valence-corrected chi connectivity index (χ3v) is 5.11. The van der Waals surface area contributed by atoms with E-state index >= 15 is 0 Å². The van der Waals surface area contributed by atoms with Crippen LogP contribution >= 0.6 is 0 Å². The third-order valence-electron chi connectivity index (χ3n) is 5.11. The highest BCUT2D eigenvalue weighted by Crippen LogP contribution is 2.57. The maximum Gasteiger partial charge on any atom is 0.00925 e. The van der Waals surface area contributed by atoms with Crippen molar-refractivity contribution in [1.29, 1.82) is 0 Å². The Balaban J connectivity index is 1.66. The van der Waals surface area contributed by atoms with Crippen LogP contribution in [0, 0.1) is 17.8 Å². The minimum Gasteiger partial charge on any atom is -0.317 e. The Hall–Kier alpha value is -0.820. The van der Waals surface area contributed by atoms with E-state index in [-0.39, 0.29) is 0 Å². The Morgan fingerprint density at radius 1 is 1.06 bits per heavy atom. The zero-order valence-electron chi connectivity index (χ0n) is 10.9. The van der Waals surface area contributed by atoms with Crippen molar-refractivity contribution in [3.63, 3.8) is 0 Å². The van der Waals surface area contributed by atoms with Crippen molar-refractivity contribution in [3.8, 4) is 0 Å². The molecule has 5 unspecified atom stereocenters. The normalized spacial score (nSPS) is 40.5. The summed E-state index contributed by atoms with van der Waals surface area (Å²) in [6.45, 7) is 2.44. The summed E-state index contributed by atoms with van der Waals surface area (Å²) in [7, 11) is 2.12. The zero-order valence-corrected chi connectivity index (χ0v) is 10.9. The maximum absolute atomic E-state index is 3.48. The quantitative estimate of drug-likeness (QED) is 0.837. The molecule has 0 aliphatic heterocycles. The number of nitrogens with one attached hydrogen (secondary N) is 1. The molecule has 0 aromatic heterocycles. The van der Waals surface area contributed by atoms with Gasteiger partial charge >= 0.3 is 0 Å². The lowest BCUT2D eigenvalue weighted by atomic mass is 9.89. The van der Waals surface area contributed by atoms with Gasteiger partial charge in [-0.05, 0) is 55.5 Å². The van der Waals surface area contributed by atoms with E-state index in [9.17, 15) is 0 Å². The van der Waals surface area contributed by atoms with Crippen molar-refractivity contribution >= 4 is 0 Å². The second-order valence-electron chi connectivity index (χ2n) is 5.91. The molecule has 0 spiro atoms. The van der Waals surface area contributed by atoms with Gasteiger partial charge in [0.15, 0.2) is 0 Å². The van der Waals surface area contributed by atoms with Gasteiger partial charge in [0.05, 0.1) is 0 Å². The molecule has 0 saturated heterocycles. The Morgan fingerprint density at radius 2 is 1.82 bits per heavy atom. The van der Waals surface area contributed by atoms with Crippen molar-refractivity contribution in [1.82, 2.24) is 5.32 Å². The van der Waals surface area contributed by atoms with Crippen LogP contribution in [0.2, 0.25) is 0 Å². The average Bonchev–Trinajstić information content (AvgIpc) is 3.08. The molecule has 0 radical (unpaired) electrons. The molecular formula is C16H23N. The molecule has 17 heavy (non-hydrogen) atoms. The Labute approximate surface area is 105 Å². The first-order chi connectivity index (χ1) is 8.31. The van der Waals surface area contributed by atoms with Crippen molar-refractivity contribution in [2.45, 2.75) is 38.1 Å². The minimum absolute atomic E-state index is 0.761. The SMILES string of the molecule is CNC1CCC(C2CC2c2ccccc2)C1C. The van der Waals surface area contributed by atoms with E-state index in [1.807, 2.05) is 0 Å². The Morgan fingerprint density at radius 3 is 2.47 bits per heavy atom. The van der Waals surface area contributed by atoms with Gasteiger partial charge in [-0.25, -0.2) is 0 Å². The number of benzene rings is 1. The topological polar surface area (TPSA) is 12.0 Å². The smallest absolute Gasteiger partial charge is 0.00925 e. The van der Waals surface area contributed by atoms with Crippen LogP contribution in [0.3, 0.4) is 0 Å². The fourth-order valence-corrected chi connectivity index (χ4v) is 3.98. The van der Waals surface area contributed by atoms with Crippen LogP contribution in [-0.4, -0.2) is 13.1 Å². The zero-order chi connectivity index (χ0) is 11.8. The summed E-state index contributed by atoms with van der Waals surface area (Å²) in [4.78, 5) is 0. The monoisotopic (exact) mass is 229 g/mol. The van der Waals surface area contributed by atoms with Gasteiger partial charge in [-0.2, -0.15) is 0 Å². The molecule has 1 aromatic carbocycles. The van der Waals surface area contributed by atoms with Gasteiger partial charge in [-0.1, -0.05) is 37.3 Å². The van der Waals surface area contributed by atoms with E-state index in [1.54, 1.807) is 5.56 Å². The number of hydrogen-bond donors (Lipinski definition) is 1. The lowest BCUT2D eigenvalue weighted by Crippen LogP contribution is -2.29. The minimum atomic E-state index is 0.761. The van der Waals surface area contributed by atoms with E-state index in [4.69, 9.17) is 0 Å². The van der Waals surface area contributed by atoms with Gasteiger partial charge in [-0.15, -0.1) is 0 Å². The highest BCUT2D eigenvalue weighted by molar-refractivity contribution is 5.26. The molecule has 5 atom stereocenters. The molecule has 0 bridgehead atoms. The Kier molecular flexibility index (Phi) is 2.96. The maximum atomic E-state index is 3.48. The van der Waals surface area contributed by atoms with Crippen molar-refractivity contribution in [3.05, 3.63) is 35.9 Å². The van der Waals surface area contributed by atoms with Gasteiger partial charge in [0.2, 0.25) is 0 Å². The second-order valence-corrected chi connectivity index (χ2v) is 5.91. The third kappa shape index (κ3) is 2.01. The van der Waals surface area contributed by atoms with Crippen molar-refractivity contribution < 1.29 is 0 Å². The van der Waals surface area contributed by atoms with Gasteiger partial charge in [0.25, 0.3) is 0 Å². The predicted octanol–water partition coefficient (Wildman–Crippen LogP) is 3.42.